The second kappa shape index (κ2) is 6.20. The van der Waals surface area contributed by atoms with Crippen molar-refractivity contribution in [3.8, 4) is 5.75 Å². The zero-order chi connectivity index (χ0) is 14.4. The van der Waals surface area contributed by atoms with Crippen molar-refractivity contribution in [1.82, 2.24) is 0 Å². The van der Waals surface area contributed by atoms with E-state index in [0.29, 0.717) is 11.8 Å². The fraction of sp³-hybridized carbons (Fsp3) is 0.0833. The van der Waals surface area contributed by atoms with Crippen LogP contribution >= 0.6 is 0 Å². The van der Waals surface area contributed by atoms with Gasteiger partial charge in [-0.25, -0.2) is 4.79 Å². The number of benzene rings is 1. The third-order valence-electron chi connectivity index (χ3n) is 2.12. The van der Waals surface area contributed by atoms with Gasteiger partial charge in [-0.05, 0) is 18.2 Å². The van der Waals surface area contributed by atoms with Gasteiger partial charge in [-0.3, -0.25) is 9.59 Å². The summed E-state index contributed by atoms with van der Waals surface area (Å²) in [5.74, 6) is -2.24. The molecule has 2 amide bonds. The van der Waals surface area contributed by atoms with Crippen LogP contribution in [0.5, 0.6) is 5.75 Å². The molecule has 0 fully saturated rings. The molecule has 0 aromatic heterocycles. The molecular weight excluding hydrogens is 252 g/mol. The van der Waals surface area contributed by atoms with E-state index in [1.165, 1.54) is 25.3 Å². The second-order valence-corrected chi connectivity index (χ2v) is 3.44. The summed E-state index contributed by atoms with van der Waals surface area (Å²) in [4.78, 5) is 32.7. The maximum Gasteiger partial charge on any atom is 0.328 e. The van der Waals surface area contributed by atoms with Crippen LogP contribution in [-0.2, 0) is 9.59 Å². The Kier molecular flexibility index (Phi) is 4.64. The topological polar surface area (TPSA) is 119 Å². The number of anilines is 1. The van der Waals surface area contributed by atoms with Crippen LogP contribution in [0.25, 0.3) is 0 Å². The summed E-state index contributed by atoms with van der Waals surface area (Å²) >= 11 is 0. The lowest BCUT2D eigenvalue weighted by Gasteiger charge is -2.09. The van der Waals surface area contributed by atoms with Gasteiger partial charge in [0.2, 0.25) is 11.8 Å². The third-order valence-corrected chi connectivity index (χ3v) is 2.12. The van der Waals surface area contributed by atoms with Gasteiger partial charge in [0.1, 0.15) is 5.75 Å². The highest BCUT2D eigenvalue weighted by molar-refractivity contribution is 6.04. The Bertz CT molecular complexity index is 551. The summed E-state index contributed by atoms with van der Waals surface area (Å²) in [6.07, 6.45) is 1.54. The van der Waals surface area contributed by atoms with Crippen molar-refractivity contribution < 1.29 is 24.2 Å². The van der Waals surface area contributed by atoms with E-state index in [0.717, 1.165) is 6.08 Å². The minimum Gasteiger partial charge on any atom is -0.495 e. The molecule has 100 valence electrons. The number of methoxy groups -OCH3 is 1. The monoisotopic (exact) mass is 264 g/mol. The average molecular weight is 264 g/mol. The Balaban J connectivity index is 2.98. The molecule has 7 heteroatoms. The summed E-state index contributed by atoms with van der Waals surface area (Å²) in [6.45, 7) is 0. The molecule has 1 aromatic rings. The highest BCUT2D eigenvalue weighted by atomic mass is 16.5. The first-order valence-corrected chi connectivity index (χ1v) is 5.14. The molecule has 0 unspecified atom stereocenters. The molecule has 0 bridgehead atoms. The van der Waals surface area contributed by atoms with E-state index in [1.807, 2.05) is 0 Å². The van der Waals surface area contributed by atoms with E-state index in [9.17, 15) is 14.4 Å². The molecule has 0 radical (unpaired) electrons. The van der Waals surface area contributed by atoms with Gasteiger partial charge in [-0.1, -0.05) is 0 Å². The number of amides is 2. The Morgan fingerprint density at radius 3 is 2.53 bits per heavy atom. The molecule has 4 N–H and O–H groups in total. The number of aliphatic carboxylic acids is 1. The zero-order valence-electron chi connectivity index (χ0n) is 10.0. The van der Waals surface area contributed by atoms with Crippen molar-refractivity contribution in [2.45, 2.75) is 0 Å². The van der Waals surface area contributed by atoms with Crippen LogP contribution < -0.4 is 15.8 Å². The lowest BCUT2D eigenvalue weighted by molar-refractivity contribution is -0.131. The van der Waals surface area contributed by atoms with Gasteiger partial charge >= 0.3 is 5.97 Å². The predicted molar refractivity (Wildman–Crippen MR) is 66.9 cm³/mol. The number of hydrogen-bond acceptors (Lipinski definition) is 4. The summed E-state index contributed by atoms with van der Waals surface area (Å²) in [5, 5.41) is 10.8. The van der Waals surface area contributed by atoms with Crippen molar-refractivity contribution in [2.24, 2.45) is 5.73 Å². The maximum atomic E-state index is 11.4. The van der Waals surface area contributed by atoms with Crippen LogP contribution in [0.3, 0.4) is 0 Å². The molecule has 0 heterocycles. The summed E-state index contributed by atoms with van der Waals surface area (Å²) < 4.78 is 5.00. The Morgan fingerprint density at radius 1 is 1.32 bits per heavy atom. The van der Waals surface area contributed by atoms with Crippen LogP contribution in [-0.4, -0.2) is 30.0 Å². The minimum absolute atomic E-state index is 0.193. The molecule has 0 spiro atoms. The largest absolute Gasteiger partial charge is 0.495 e. The number of rotatable bonds is 5. The Morgan fingerprint density at radius 2 is 2.00 bits per heavy atom. The van der Waals surface area contributed by atoms with E-state index >= 15 is 0 Å². The Labute approximate surface area is 108 Å². The zero-order valence-corrected chi connectivity index (χ0v) is 10.0. The SMILES string of the molecule is COc1ccc(C(N)=O)cc1NC(=O)/C=C\C(=O)O. The molecule has 0 aliphatic carbocycles. The molecule has 0 aliphatic rings. The highest BCUT2D eigenvalue weighted by Gasteiger charge is 2.09. The van der Waals surface area contributed by atoms with Crippen molar-refractivity contribution in [3.05, 3.63) is 35.9 Å². The van der Waals surface area contributed by atoms with Crippen molar-refractivity contribution in [2.75, 3.05) is 12.4 Å². The lowest BCUT2D eigenvalue weighted by Crippen LogP contribution is -2.14. The molecule has 1 rings (SSSR count). The summed E-state index contributed by atoms with van der Waals surface area (Å²) in [7, 11) is 1.39. The van der Waals surface area contributed by atoms with Crippen molar-refractivity contribution in [1.29, 1.82) is 0 Å². The molecule has 0 aliphatic heterocycles. The maximum absolute atomic E-state index is 11.4. The number of hydrogen-bond donors (Lipinski definition) is 3. The van der Waals surface area contributed by atoms with E-state index in [2.05, 4.69) is 5.32 Å². The first kappa shape index (κ1) is 14.2. The number of carboxylic acids is 1. The minimum atomic E-state index is -1.24. The predicted octanol–water partition coefficient (Wildman–Crippen LogP) is 0.373. The number of nitrogens with two attached hydrogens (primary N) is 1. The number of carbonyl (C=O) groups excluding carboxylic acids is 2. The highest BCUT2D eigenvalue weighted by Crippen LogP contribution is 2.25. The lowest BCUT2D eigenvalue weighted by atomic mass is 10.1. The Hall–Kier alpha value is -2.83. The van der Waals surface area contributed by atoms with Gasteiger partial charge in [-0.15, -0.1) is 0 Å². The molecular formula is C12H12N2O5. The van der Waals surface area contributed by atoms with Gasteiger partial charge in [-0.2, -0.15) is 0 Å². The van der Waals surface area contributed by atoms with Gasteiger partial charge in [0.25, 0.3) is 0 Å². The van der Waals surface area contributed by atoms with Crippen LogP contribution in [0.2, 0.25) is 0 Å². The first-order chi connectivity index (χ1) is 8.93. The number of carboxylic acid groups (broad SMARTS) is 1. The number of ether oxygens (including phenoxy) is 1. The quantitative estimate of drug-likeness (QED) is 0.664. The first-order valence-electron chi connectivity index (χ1n) is 5.14. The molecule has 19 heavy (non-hydrogen) atoms. The van der Waals surface area contributed by atoms with Gasteiger partial charge in [0, 0.05) is 17.7 Å². The van der Waals surface area contributed by atoms with Gasteiger partial charge < -0.3 is 20.9 Å². The van der Waals surface area contributed by atoms with Crippen LogP contribution in [0.15, 0.2) is 30.4 Å². The van der Waals surface area contributed by atoms with E-state index in [4.69, 9.17) is 15.6 Å². The number of primary amides is 1. The van der Waals surface area contributed by atoms with Gasteiger partial charge in [0.15, 0.2) is 0 Å². The van der Waals surface area contributed by atoms with Crippen molar-refractivity contribution >= 4 is 23.5 Å². The van der Waals surface area contributed by atoms with E-state index < -0.39 is 17.8 Å². The molecule has 1 aromatic carbocycles. The van der Waals surface area contributed by atoms with E-state index in [-0.39, 0.29) is 11.3 Å². The number of nitrogens with one attached hydrogen (secondary N) is 1. The van der Waals surface area contributed by atoms with E-state index in [1.54, 1.807) is 0 Å². The number of carbonyl (C=O) groups is 3. The van der Waals surface area contributed by atoms with Crippen LogP contribution in [0, 0.1) is 0 Å². The van der Waals surface area contributed by atoms with Crippen molar-refractivity contribution in [3.63, 3.8) is 0 Å². The molecule has 0 saturated carbocycles. The van der Waals surface area contributed by atoms with Crippen LogP contribution in [0.4, 0.5) is 5.69 Å². The smallest absolute Gasteiger partial charge is 0.328 e. The fourth-order valence-electron chi connectivity index (χ4n) is 1.28. The van der Waals surface area contributed by atoms with Gasteiger partial charge in [0.05, 0.1) is 12.8 Å². The third kappa shape index (κ3) is 4.15. The van der Waals surface area contributed by atoms with Crippen LogP contribution in [0.1, 0.15) is 10.4 Å². The molecule has 0 saturated heterocycles. The summed E-state index contributed by atoms with van der Waals surface area (Å²) in [6, 6.07) is 4.26. The fourth-order valence-corrected chi connectivity index (χ4v) is 1.28. The molecule has 7 nitrogen and oxygen atoms in total. The average Bonchev–Trinajstić information content (AvgIpc) is 2.36. The normalized spacial score (nSPS) is 10.2. The standard InChI is InChI=1S/C12H12N2O5/c1-19-9-3-2-7(12(13)18)6-8(9)14-10(15)4-5-11(16)17/h2-6H,1H3,(H2,13,18)(H,14,15)(H,16,17)/b5-4-. The second-order valence-electron chi connectivity index (χ2n) is 3.44. The molecule has 0 atom stereocenters. The summed E-state index contributed by atoms with van der Waals surface area (Å²) in [5.41, 5.74) is 5.53.